The molecular formula is C19H34N6O. The van der Waals surface area contributed by atoms with E-state index in [1.807, 2.05) is 6.07 Å². The van der Waals surface area contributed by atoms with Gasteiger partial charge in [-0.05, 0) is 38.8 Å². The molecule has 0 amide bonds. The van der Waals surface area contributed by atoms with Gasteiger partial charge in [-0.3, -0.25) is 9.89 Å². The van der Waals surface area contributed by atoms with Gasteiger partial charge in [-0.2, -0.15) is 0 Å². The molecule has 3 heterocycles. The first-order chi connectivity index (χ1) is 12.7. The van der Waals surface area contributed by atoms with Gasteiger partial charge in [-0.1, -0.05) is 12.1 Å². The smallest absolute Gasteiger partial charge is 0.194 e. The molecule has 2 fully saturated rings. The minimum absolute atomic E-state index is 0.607. The van der Waals surface area contributed by atoms with Gasteiger partial charge in [-0.25, -0.2) is 0 Å². The highest BCUT2D eigenvalue weighted by atomic mass is 16.5. The van der Waals surface area contributed by atoms with E-state index in [9.17, 15) is 0 Å². The summed E-state index contributed by atoms with van der Waals surface area (Å²) in [5.41, 5.74) is 1.01. The maximum Gasteiger partial charge on any atom is 0.194 e. The summed E-state index contributed by atoms with van der Waals surface area (Å²) < 4.78 is 4.93. The van der Waals surface area contributed by atoms with Crippen molar-refractivity contribution < 1.29 is 4.52 Å². The number of likely N-dealkylation sites (tertiary alicyclic amines) is 1. The minimum atomic E-state index is 0.607. The highest BCUT2D eigenvalue weighted by Crippen LogP contribution is 2.11. The Balaban J connectivity index is 1.46. The predicted octanol–water partition coefficient (Wildman–Crippen LogP) is 1.49. The lowest BCUT2D eigenvalue weighted by atomic mass is 10.2. The van der Waals surface area contributed by atoms with E-state index in [4.69, 9.17) is 9.52 Å². The molecule has 1 aromatic heterocycles. The Morgan fingerprint density at radius 3 is 2.62 bits per heavy atom. The normalized spacial score (nSPS) is 21.3. The monoisotopic (exact) mass is 362 g/mol. The van der Waals surface area contributed by atoms with Crippen molar-refractivity contribution in [3.05, 3.63) is 18.0 Å². The second kappa shape index (κ2) is 9.92. The summed E-state index contributed by atoms with van der Waals surface area (Å²) >= 11 is 0. The molecule has 0 aromatic carbocycles. The summed E-state index contributed by atoms with van der Waals surface area (Å²) in [7, 11) is 0. The number of guanidine groups is 1. The second-order valence-electron chi connectivity index (χ2n) is 7.56. The van der Waals surface area contributed by atoms with Crippen LogP contribution in [-0.4, -0.2) is 84.7 Å². The summed E-state index contributed by atoms with van der Waals surface area (Å²) in [4.78, 5) is 12.3. The van der Waals surface area contributed by atoms with Gasteiger partial charge in [0.05, 0.1) is 5.69 Å². The molecule has 146 valence electrons. The highest BCUT2D eigenvalue weighted by molar-refractivity contribution is 5.80. The fourth-order valence-corrected chi connectivity index (χ4v) is 3.80. The highest BCUT2D eigenvalue weighted by Gasteiger charge is 2.21. The van der Waals surface area contributed by atoms with Crippen LogP contribution in [0.2, 0.25) is 0 Å². The standard InChI is InChI=1S/C19H34N6O/c1-3-20-19(21-14-17(2)15-23-7-4-5-8-23)25-11-9-24(10-12-25)16-18-6-13-26-22-18/h6,13,17H,3-5,7-12,14-16H2,1-2H3,(H,20,21). The Morgan fingerprint density at radius 1 is 1.19 bits per heavy atom. The summed E-state index contributed by atoms with van der Waals surface area (Å²) in [5.74, 6) is 1.68. The van der Waals surface area contributed by atoms with Crippen molar-refractivity contribution >= 4 is 5.96 Å². The maximum atomic E-state index is 4.94. The lowest BCUT2D eigenvalue weighted by molar-refractivity contribution is 0.169. The molecule has 7 heteroatoms. The van der Waals surface area contributed by atoms with Gasteiger partial charge in [0, 0.05) is 58.4 Å². The fourth-order valence-electron chi connectivity index (χ4n) is 3.80. The molecule has 1 unspecified atom stereocenters. The molecule has 0 spiro atoms. The summed E-state index contributed by atoms with van der Waals surface area (Å²) in [6.45, 7) is 14.9. The molecule has 1 aromatic rings. The fraction of sp³-hybridized carbons (Fsp3) is 0.789. The molecule has 7 nitrogen and oxygen atoms in total. The Bertz CT molecular complexity index is 532. The van der Waals surface area contributed by atoms with Gasteiger partial charge in [0.1, 0.15) is 6.26 Å². The zero-order chi connectivity index (χ0) is 18.2. The Kier molecular flexibility index (Phi) is 7.32. The Morgan fingerprint density at radius 2 is 1.96 bits per heavy atom. The number of aromatic nitrogens is 1. The first kappa shape index (κ1) is 19.2. The van der Waals surface area contributed by atoms with Crippen molar-refractivity contribution in [2.24, 2.45) is 10.9 Å². The van der Waals surface area contributed by atoms with Crippen molar-refractivity contribution in [1.29, 1.82) is 0 Å². The summed E-state index contributed by atoms with van der Waals surface area (Å²) in [5, 5.41) is 7.49. The average molecular weight is 363 g/mol. The zero-order valence-corrected chi connectivity index (χ0v) is 16.4. The number of rotatable bonds is 7. The third kappa shape index (κ3) is 5.71. The van der Waals surface area contributed by atoms with Crippen molar-refractivity contribution in [3.63, 3.8) is 0 Å². The number of nitrogens with zero attached hydrogens (tertiary/aromatic N) is 5. The van der Waals surface area contributed by atoms with E-state index in [-0.39, 0.29) is 0 Å². The van der Waals surface area contributed by atoms with Crippen LogP contribution in [-0.2, 0) is 6.54 Å². The molecule has 0 saturated carbocycles. The molecule has 2 aliphatic rings. The molecule has 0 bridgehead atoms. The average Bonchev–Trinajstić information content (AvgIpc) is 3.33. The topological polar surface area (TPSA) is 60.1 Å². The van der Waals surface area contributed by atoms with E-state index in [0.717, 1.165) is 57.5 Å². The van der Waals surface area contributed by atoms with Crippen molar-refractivity contribution in [2.45, 2.75) is 33.2 Å². The lowest BCUT2D eigenvalue weighted by Crippen LogP contribution is -2.52. The number of aliphatic imine (C=N–C) groups is 1. The predicted molar refractivity (Wildman–Crippen MR) is 104 cm³/mol. The number of piperazine rings is 1. The van der Waals surface area contributed by atoms with Crippen LogP contribution in [0.1, 0.15) is 32.4 Å². The van der Waals surface area contributed by atoms with Crippen LogP contribution in [0.25, 0.3) is 0 Å². The largest absolute Gasteiger partial charge is 0.364 e. The molecule has 1 atom stereocenters. The van der Waals surface area contributed by atoms with E-state index in [2.05, 4.69) is 39.0 Å². The quantitative estimate of drug-likeness (QED) is 0.586. The van der Waals surface area contributed by atoms with Gasteiger partial charge in [0.25, 0.3) is 0 Å². The SMILES string of the molecule is CCNC(=NCC(C)CN1CCCC1)N1CCN(Cc2ccon2)CC1. The third-order valence-electron chi connectivity index (χ3n) is 5.20. The van der Waals surface area contributed by atoms with E-state index < -0.39 is 0 Å². The van der Waals surface area contributed by atoms with Gasteiger partial charge in [-0.15, -0.1) is 0 Å². The van der Waals surface area contributed by atoms with Crippen molar-refractivity contribution in [2.75, 3.05) is 58.9 Å². The van der Waals surface area contributed by atoms with Crippen LogP contribution in [0, 0.1) is 5.92 Å². The van der Waals surface area contributed by atoms with Gasteiger partial charge in [0.15, 0.2) is 5.96 Å². The van der Waals surface area contributed by atoms with Gasteiger partial charge < -0.3 is 19.6 Å². The third-order valence-corrected chi connectivity index (χ3v) is 5.20. The molecule has 1 N–H and O–H groups in total. The Labute approximate surface area is 157 Å². The molecule has 2 aliphatic heterocycles. The van der Waals surface area contributed by atoms with E-state index in [1.54, 1.807) is 6.26 Å². The maximum absolute atomic E-state index is 4.94. The van der Waals surface area contributed by atoms with E-state index in [0.29, 0.717) is 5.92 Å². The van der Waals surface area contributed by atoms with Crippen LogP contribution < -0.4 is 5.32 Å². The van der Waals surface area contributed by atoms with E-state index >= 15 is 0 Å². The molecule has 0 aliphatic carbocycles. The Hall–Kier alpha value is -1.60. The number of hydrogen-bond donors (Lipinski definition) is 1. The van der Waals surface area contributed by atoms with Gasteiger partial charge in [0.2, 0.25) is 0 Å². The molecule has 26 heavy (non-hydrogen) atoms. The van der Waals surface area contributed by atoms with Crippen LogP contribution in [0.15, 0.2) is 21.8 Å². The molecule has 3 rings (SSSR count). The summed E-state index contributed by atoms with van der Waals surface area (Å²) in [6, 6.07) is 1.94. The van der Waals surface area contributed by atoms with Crippen LogP contribution in [0.5, 0.6) is 0 Å². The van der Waals surface area contributed by atoms with Crippen LogP contribution in [0.4, 0.5) is 0 Å². The number of nitrogens with one attached hydrogen (secondary N) is 1. The first-order valence-electron chi connectivity index (χ1n) is 10.1. The van der Waals surface area contributed by atoms with Crippen molar-refractivity contribution in [3.8, 4) is 0 Å². The zero-order valence-electron chi connectivity index (χ0n) is 16.4. The minimum Gasteiger partial charge on any atom is -0.364 e. The molecule has 2 saturated heterocycles. The molecule has 0 radical (unpaired) electrons. The van der Waals surface area contributed by atoms with Gasteiger partial charge >= 0.3 is 0 Å². The second-order valence-corrected chi connectivity index (χ2v) is 7.56. The molecular weight excluding hydrogens is 328 g/mol. The van der Waals surface area contributed by atoms with Crippen LogP contribution >= 0.6 is 0 Å². The van der Waals surface area contributed by atoms with Crippen LogP contribution in [0.3, 0.4) is 0 Å². The number of hydrogen-bond acceptors (Lipinski definition) is 5. The van der Waals surface area contributed by atoms with E-state index in [1.165, 1.54) is 32.5 Å². The summed E-state index contributed by atoms with van der Waals surface area (Å²) in [6.07, 6.45) is 4.36. The van der Waals surface area contributed by atoms with Crippen molar-refractivity contribution in [1.82, 2.24) is 25.2 Å². The first-order valence-corrected chi connectivity index (χ1v) is 10.1. The lowest BCUT2D eigenvalue weighted by Gasteiger charge is -2.36.